The minimum Gasteiger partial charge on any atom is -0.422 e. The van der Waals surface area contributed by atoms with Crippen LogP contribution in [0, 0.1) is 0 Å². The summed E-state index contributed by atoms with van der Waals surface area (Å²) in [6, 6.07) is 5.04. The van der Waals surface area contributed by atoms with Gasteiger partial charge in [0, 0.05) is 17.1 Å². The molecule has 5 N–H and O–H groups in total. The van der Waals surface area contributed by atoms with E-state index < -0.39 is 36.6 Å². The molecule has 0 aliphatic carbocycles. The molecule has 8 heteroatoms. The molecule has 1 heterocycles. The second-order valence-electron chi connectivity index (χ2n) is 5.48. The largest absolute Gasteiger partial charge is 0.422 e. The maximum atomic E-state index is 11.7. The van der Waals surface area contributed by atoms with Gasteiger partial charge in [-0.1, -0.05) is 12.7 Å². The molecule has 0 bridgehead atoms. The van der Waals surface area contributed by atoms with Gasteiger partial charge in [0.05, 0.1) is 12.2 Å². The Balaban J connectivity index is 2.27. The van der Waals surface area contributed by atoms with Crippen LogP contribution in [0.15, 0.2) is 40.1 Å². The lowest BCUT2D eigenvalue weighted by Crippen LogP contribution is -2.49. The van der Waals surface area contributed by atoms with Crippen molar-refractivity contribution >= 4 is 29.0 Å². The molecule has 0 spiro atoms. The first-order valence-corrected chi connectivity index (χ1v) is 7.48. The zero-order valence-corrected chi connectivity index (χ0v) is 13.2. The van der Waals surface area contributed by atoms with Crippen LogP contribution >= 0.6 is 0 Å². The highest BCUT2D eigenvalue weighted by molar-refractivity contribution is 5.82. The van der Waals surface area contributed by atoms with E-state index >= 15 is 0 Å². The van der Waals surface area contributed by atoms with Gasteiger partial charge in [0.1, 0.15) is 36.2 Å². The Bertz CT molecular complexity index is 816. The molecular formula is C17H19NO7. The molecule has 0 saturated carbocycles. The van der Waals surface area contributed by atoms with Crippen molar-refractivity contribution in [3.05, 3.63) is 46.8 Å². The predicted molar refractivity (Wildman–Crippen MR) is 91.2 cm³/mol. The van der Waals surface area contributed by atoms with Gasteiger partial charge in [-0.15, -0.1) is 0 Å². The Morgan fingerprint density at radius 3 is 2.52 bits per heavy atom. The number of hydrogen-bond donors (Lipinski definition) is 5. The van der Waals surface area contributed by atoms with Gasteiger partial charge in [0.15, 0.2) is 0 Å². The average Bonchev–Trinajstić information content (AvgIpc) is 2.63. The van der Waals surface area contributed by atoms with Crippen LogP contribution in [0.3, 0.4) is 0 Å². The van der Waals surface area contributed by atoms with Crippen LogP contribution in [-0.2, 0) is 4.79 Å². The number of rotatable bonds is 8. The molecule has 1 aromatic heterocycles. The summed E-state index contributed by atoms with van der Waals surface area (Å²) >= 11 is 0. The molecule has 2 aromatic rings. The van der Waals surface area contributed by atoms with Gasteiger partial charge >= 0.3 is 5.63 Å². The zero-order chi connectivity index (χ0) is 18.6. The first kappa shape index (κ1) is 18.8. The van der Waals surface area contributed by atoms with Crippen molar-refractivity contribution in [3.8, 4) is 0 Å². The summed E-state index contributed by atoms with van der Waals surface area (Å²) in [4.78, 5) is 22.9. The van der Waals surface area contributed by atoms with Crippen LogP contribution in [0.5, 0.6) is 0 Å². The number of aliphatic hydroxyl groups is 4. The maximum Gasteiger partial charge on any atom is 0.343 e. The fourth-order valence-electron chi connectivity index (χ4n) is 2.30. The molecule has 0 aliphatic heterocycles. The van der Waals surface area contributed by atoms with Crippen molar-refractivity contribution in [2.75, 3.05) is 11.9 Å². The fourth-order valence-corrected chi connectivity index (χ4v) is 2.30. The third kappa shape index (κ3) is 4.12. The van der Waals surface area contributed by atoms with Gasteiger partial charge in [-0.05, 0) is 18.2 Å². The van der Waals surface area contributed by atoms with Crippen LogP contribution in [0.2, 0.25) is 0 Å². The van der Waals surface area contributed by atoms with Crippen LogP contribution < -0.4 is 10.9 Å². The van der Waals surface area contributed by atoms with E-state index in [1.54, 1.807) is 18.2 Å². The lowest BCUT2D eigenvalue weighted by molar-refractivity contribution is -0.117. The normalized spacial score (nSPS) is 16.0. The lowest BCUT2D eigenvalue weighted by atomic mass is 10.0. The summed E-state index contributed by atoms with van der Waals surface area (Å²) in [5, 5.41) is 41.2. The van der Waals surface area contributed by atoms with Crippen molar-refractivity contribution in [1.82, 2.24) is 0 Å². The van der Waals surface area contributed by atoms with Gasteiger partial charge < -0.3 is 35.0 Å². The molecule has 1 aromatic carbocycles. The third-order valence-electron chi connectivity index (χ3n) is 3.76. The second kappa shape index (κ2) is 8.04. The van der Waals surface area contributed by atoms with E-state index in [2.05, 4.69) is 11.9 Å². The molecule has 0 fully saturated rings. The zero-order valence-electron chi connectivity index (χ0n) is 13.2. The number of fused-ring (bicyclic) bond motifs is 1. The summed E-state index contributed by atoms with van der Waals surface area (Å²) in [7, 11) is 0. The van der Waals surface area contributed by atoms with Crippen LogP contribution in [0.25, 0.3) is 17.0 Å². The van der Waals surface area contributed by atoms with E-state index in [1.165, 1.54) is 12.1 Å². The lowest BCUT2D eigenvalue weighted by Gasteiger charge is -2.26. The minimum absolute atomic E-state index is 0.260. The molecule has 0 aliphatic rings. The number of hydrogen-bond acceptors (Lipinski definition) is 8. The summed E-state index contributed by atoms with van der Waals surface area (Å²) in [5.74, 6) is 0. The van der Waals surface area contributed by atoms with Gasteiger partial charge in [0.2, 0.25) is 0 Å². The van der Waals surface area contributed by atoms with Crippen molar-refractivity contribution in [3.63, 3.8) is 0 Å². The summed E-state index contributed by atoms with van der Waals surface area (Å²) in [5.41, 5.74) is 0.364. The van der Waals surface area contributed by atoms with Crippen LogP contribution in [0.4, 0.5) is 5.69 Å². The molecule has 0 amide bonds. The number of aldehydes is 1. The summed E-state index contributed by atoms with van der Waals surface area (Å²) in [6.45, 7) is 2.76. The van der Waals surface area contributed by atoms with Gasteiger partial charge in [-0.3, -0.25) is 0 Å². The Kier molecular flexibility index (Phi) is 6.05. The quantitative estimate of drug-likeness (QED) is 0.317. The molecule has 0 unspecified atom stereocenters. The van der Waals surface area contributed by atoms with E-state index in [9.17, 15) is 24.9 Å². The fraction of sp³-hybridized carbons (Fsp3) is 0.294. The Labute approximate surface area is 142 Å². The standard InChI is InChI=1S/C17H19NO7/c1-2-9-5-10-3-4-11(6-14(10)25-17(9)24)18-12(7-19)15(22)16(23)13(21)8-20/h2-7,12-13,15-16,18,20-23H,1,8H2/t12-,13+,15+,16+/m1/s1. The molecule has 25 heavy (non-hydrogen) atoms. The number of nitrogens with one attached hydrogen (secondary N) is 1. The number of benzene rings is 1. The molecular weight excluding hydrogens is 330 g/mol. The first-order chi connectivity index (χ1) is 11.9. The average molecular weight is 349 g/mol. The Morgan fingerprint density at radius 1 is 1.20 bits per heavy atom. The summed E-state index contributed by atoms with van der Waals surface area (Å²) in [6.07, 6.45) is -3.23. The van der Waals surface area contributed by atoms with E-state index in [0.29, 0.717) is 22.9 Å². The van der Waals surface area contributed by atoms with Crippen molar-refractivity contribution in [2.24, 2.45) is 0 Å². The number of carbonyl (C=O) groups is 1. The summed E-state index contributed by atoms with van der Waals surface area (Å²) < 4.78 is 5.16. The third-order valence-corrected chi connectivity index (χ3v) is 3.76. The Morgan fingerprint density at radius 2 is 1.92 bits per heavy atom. The van der Waals surface area contributed by atoms with E-state index in [-0.39, 0.29) is 5.58 Å². The van der Waals surface area contributed by atoms with Crippen molar-refractivity contribution < 1.29 is 29.6 Å². The van der Waals surface area contributed by atoms with E-state index in [1.807, 2.05) is 0 Å². The number of anilines is 1. The highest BCUT2D eigenvalue weighted by Crippen LogP contribution is 2.20. The highest BCUT2D eigenvalue weighted by Gasteiger charge is 2.31. The molecule has 8 nitrogen and oxygen atoms in total. The topological polar surface area (TPSA) is 140 Å². The van der Waals surface area contributed by atoms with E-state index in [0.717, 1.165) is 0 Å². The van der Waals surface area contributed by atoms with Crippen LogP contribution in [0.1, 0.15) is 5.56 Å². The molecule has 0 radical (unpaired) electrons. The minimum atomic E-state index is -1.72. The SMILES string of the molecule is C=Cc1cc2ccc(N[C@H](C=O)[C@H](O)[C@@H](O)[C@@H](O)CO)cc2oc1=O. The first-order valence-electron chi connectivity index (χ1n) is 7.48. The Hall–Kier alpha value is -2.52. The smallest absolute Gasteiger partial charge is 0.343 e. The van der Waals surface area contributed by atoms with Crippen LogP contribution in [-0.4, -0.2) is 57.7 Å². The highest BCUT2D eigenvalue weighted by atomic mass is 16.4. The number of aliphatic hydroxyl groups excluding tert-OH is 4. The van der Waals surface area contributed by atoms with Gasteiger partial charge in [0.25, 0.3) is 0 Å². The molecule has 0 saturated heterocycles. The van der Waals surface area contributed by atoms with Gasteiger partial charge in [-0.2, -0.15) is 0 Å². The second-order valence-corrected chi connectivity index (χ2v) is 5.48. The van der Waals surface area contributed by atoms with Gasteiger partial charge in [-0.25, -0.2) is 4.79 Å². The molecule has 4 atom stereocenters. The predicted octanol–water partition coefficient (Wildman–Crippen LogP) is -0.510. The van der Waals surface area contributed by atoms with E-state index in [4.69, 9.17) is 9.52 Å². The molecule has 2 rings (SSSR count). The van der Waals surface area contributed by atoms with Crippen molar-refractivity contribution in [2.45, 2.75) is 24.4 Å². The maximum absolute atomic E-state index is 11.7. The van der Waals surface area contributed by atoms with Crippen molar-refractivity contribution in [1.29, 1.82) is 0 Å². The molecule has 134 valence electrons. The number of carbonyl (C=O) groups excluding carboxylic acids is 1. The monoisotopic (exact) mass is 349 g/mol.